The van der Waals surface area contributed by atoms with Crippen molar-refractivity contribution in [3.63, 3.8) is 0 Å². The summed E-state index contributed by atoms with van der Waals surface area (Å²) in [7, 11) is 0. The SMILES string of the molecule is CC1(C)O[C@@H]2[C@H](O1)[C@@H]1C[C@H]2ON1. The van der Waals surface area contributed by atoms with E-state index in [0.717, 1.165) is 6.42 Å². The van der Waals surface area contributed by atoms with Crippen molar-refractivity contribution in [1.29, 1.82) is 0 Å². The minimum Gasteiger partial charge on any atom is -0.343 e. The van der Waals surface area contributed by atoms with Crippen molar-refractivity contribution >= 4 is 0 Å². The van der Waals surface area contributed by atoms with Crippen molar-refractivity contribution in [2.45, 2.75) is 50.4 Å². The van der Waals surface area contributed by atoms with E-state index >= 15 is 0 Å². The van der Waals surface area contributed by atoms with Gasteiger partial charge in [0.2, 0.25) is 0 Å². The number of rotatable bonds is 0. The van der Waals surface area contributed by atoms with Crippen LogP contribution in [0.5, 0.6) is 0 Å². The van der Waals surface area contributed by atoms with Crippen LogP contribution < -0.4 is 5.48 Å². The molecule has 0 aromatic rings. The summed E-state index contributed by atoms with van der Waals surface area (Å²) >= 11 is 0. The summed E-state index contributed by atoms with van der Waals surface area (Å²) in [6, 6.07) is 0.335. The van der Waals surface area contributed by atoms with Gasteiger partial charge < -0.3 is 9.47 Å². The molecule has 4 heteroatoms. The average molecular weight is 171 g/mol. The van der Waals surface area contributed by atoms with Gasteiger partial charge in [-0.05, 0) is 20.3 Å². The number of hydrogen-bond acceptors (Lipinski definition) is 4. The van der Waals surface area contributed by atoms with Crippen molar-refractivity contribution in [3.05, 3.63) is 0 Å². The first kappa shape index (κ1) is 7.26. The zero-order valence-corrected chi connectivity index (χ0v) is 7.24. The maximum absolute atomic E-state index is 5.74. The van der Waals surface area contributed by atoms with E-state index in [-0.39, 0.29) is 18.3 Å². The zero-order valence-electron chi connectivity index (χ0n) is 7.24. The smallest absolute Gasteiger partial charge is 0.163 e. The largest absolute Gasteiger partial charge is 0.343 e. The summed E-state index contributed by atoms with van der Waals surface area (Å²) in [4.78, 5) is 5.30. The number of ether oxygens (including phenoxy) is 2. The molecule has 4 nitrogen and oxygen atoms in total. The topological polar surface area (TPSA) is 39.7 Å². The van der Waals surface area contributed by atoms with Gasteiger partial charge in [-0.3, -0.25) is 4.84 Å². The Morgan fingerprint density at radius 1 is 1.25 bits per heavy atom. The van der Waals surface area contributed by atoms with Crippen LogP contribution in [0.15, 0.2) is 0 Å². The molecule has 2 bridgehead atoms. The zero-order chi connectivity index (χ0) is 8.34. The Labute approximate surface area is 71.1 Å². The van der Waals surface area contributed by atoms with Gasteiger partial charge in [0, 0.05) is 0 Å². The second-order valence-electron chi connectivity index (χ2n) is 4.18. The maximum atomic E-state index is 5.74. The predicted octanol–water partition coefficient (Wildman–Crippen LogP) is 0.182. The summed E-state index contributed by atoms with van der Waals surface area (Å²) < 4.78 is 11.5. The molecule has 3 aliphatic rings. The third kappa shape index (κ3) is 0.808. The lowest BCUT2D eigenvalue weighted by Crippen LogP contribution is -2.44. The first-order valence-electron chi connectivity index (χ1n) is 4.42. The molecule has 0 aromatic carbocycles. The first-order chi connectivity index (χ1) is 5.66. The first-order valence-corrected chi connectivity index (χ1v) is 4.42. The van der Waals surface area contributed by atoms with Crippen LogP contribution in [-0.2, 0) is 14.3 Å². The van der Waals surface area contributed by atoms with Crippen LogP contribution in [0.1, 0.15) is 20.3 Å². The fourth-order valence-corrected chi connectivity index (χ4v) is 2.34. The lowest BCUT2D eigenvalue weighted by Gasteiger charge is -2.21. The van der Waals surface area contributed by atoms with Crippen molar-refractivity contribution in [3.8, 4) is 0 Å². The van der Waals surface area contributed by atoms with Crippen LogP contribution in [0.3, 0.4) is 0 Å². The minimum atomic E-state index is -0.429. The Hall–Kier alpha value is -0.160. The molecule has 0 radical (unpaired) electrons. The molecule has 0 unspecified atom stereocenters. The molecule has 2 aliphatic heterocycles. The Balaban J connectivity index is 1.87. The van der Waals surface area contributed by atoms with E-state index in [1.807, 2.05) is 13.8 Å². The van der Waals surface area contributed by atoms with Crippen LogP contribution in [0.2, 0.25) is 0 Å². The molecule has 2 heterocycles. The summed E-state index contributed by atoms with van der Waals surface area (Å²) in [6.07, 6.45) is 1.55. The third-order valence-electron chi connectivity index (χ3n) is 2.78. The summed E-state index contributed by atoms with van der Waals surface area (Å²) in [5.41, 5.74) is 2.96. The van der Waals surface area contributed by atoms with Gasteiger partial charge >= 0.3 is 0 Å². The highest BCUT2D eigenvalue weighted by atomic mass is 16.8. The lowest BCUT2D eigenvalue weighted by molar-refractivity contribution is -0.157. The highest BCUT2D eigenvalue weighted by molar-refractivity contribution is 5.04. The van der Waals surface area contributed by atoms with Gasteiger partial charge in [-0.25, -0.2) is 0 Å². The van der Waals surface area contributed by atoms with Crippen molar-refractivity contribution in [2.24, 2.45) is 0 Å². The molecule has 0 amide bonds. The van der Waals surface area contributed by atoms with Crippen molar-refractivity contribution in [2.75, 3.05) is 0 Å². The van der Waals surface area contributed by atoms with E-state index in [9.17, 15) is 0 Å². The van der Waals surface area contributed by atoms with Gasteiger partial charge in [0.15, 0.2) is 5.79 Å². The average Bonchev–Trinajstić information content (AvgIpc) is 2.54. The predicted molar refractivity (Wildman–Crippen MR) is 40.2 cm³/mol. The van der Waals surface area contributed by atoms with E-state index in [2.05, 4.69) is 5.48 Å². The number of nitrogens with one attached hydrogen (secondary N) is 1. The van der Waals surface area contributed by atoms with Gasteiger partial charge in [-0.15, -0.1) is 0 Å². The monoisotopic (exact) mass is 171 g/mol. The lowest BCUT2D eigenvalue weighted by atomic mass is 10.2. The van der Waals surface area contributed by atoms with Crippen molar-refractivity contribution < 1.29 is 14.3 Å². The molecule has 0 aromatic heterocycles. The van der Waals surface area contributed by atoms with E-state index < -0.39 is 5.79 Å². The Morgan fingerprint density at radius 3 is 2.75 bits per heavy atom. The summed E-state index contributed by atoms with van der Waals surface area (Å²) in [5.74, 6) is -0.429. The third-order valence-corrected chi connectivity index (χ3v) is 2.78. The van der Waals surface area contributed by atoms with Crippen LogP contribution >= 0.6 is 0 Å². The number of hydrogen-bond donors (Lipinski definition) is 1. The van der Waals surface area contributed by atoms with Crippen LogP contribution in [-0.4, -0.2) is 30.1 Å². The van der Waals surface area contributed by atoms with Crippen molar-refractivity contribution in [1.82, 2.24) is 5.48 Å². The maximum Gasteiger partial charge on any atom is 0.163 e. The molecule has 12 heavy (non-hydrogen) atoms. The summed E-state index contributed by atoms with van der Waals surface area (Å²) in [6.45, 7) is 3.90. The molecule has 1 N–H and O–H groups in total. The highest BCUT2D eigenvalue weighted by Gasteiger charge is 2.58. The van der Waals surface area contributed by atoms with E-state index in [0.29, 0.717) is 6.04 Å². The van der Waals surface area contributed by atoms with Gasteiger partial charge in [0.05, 0.1) is 6.04 Å². The van der Waals surface area contributed by atoms with Crippen LogP contribution in [0, 0.1) is 0 Å². The molecule has 4 atom stereocenters. The molecule has 3 rings (SSSR count). The Kier molecular flexibility index (Phi) is 1.22. The van der Waals surface area contributed by atoms with Gasteiger partial charge in [-0.2, -0.15) is 5.48 Å². The molecule has 1 saturated carbocycles. The van der Waals surface area contributed by atoms with E-state index in [1.165, 1.54) is 0 Å². The van der Waals surface area contributed by atoms with E-state index in [4.69, 9.17) is 14.3 Å². The van der Waals surface area contributed by atoms with E-state index in [1.54, 1.807) is 0 Å². The Morgan fingerprint density at radius 2 is 2.00 bits per heavy atom. The molecular formula is C8H13NO3. The quantitative estimate of drug-likeness (QED) is 0.564. The molecule has 1 aliphatic carbocycles. The van der Waals surface area contributed by atoms with Crippen LogP contribution in [0.25, 0.3) is 0 Å². The van der Waals surface area contributed by atoms with Gasteiger partial charge in [0.25, 0.3) is 0 Å². The minimum absolute atomic E-state index is 0.145. The molecule has 68 valence electrons. The van der Waals surface area contributed by atoms with Gasteiger partial charge in [-0.1, -0.05) is 0 Å². The molecule has 3 fully saturated rings. The normalized spacial score (nSPS) is 54.5. The number of hydroxylamine groups is 1. The van der Waals surface area contributed by atoms with Crippen LogP contribution in [0.4, 0.5) is 0 Å². The fourth-order valence-electron chi connectivity index (χ4n) is 2.34. The standard InChI is InChI=1S/C8H13NO3/c1-8(2)10-6-4-3-5(12-9-4)7(6)11-8/h4-7,9H,3H2,1-2H3/t4-,5+,6+,7-/m0/s1. The summed E-state index contributed by atoms with van der Waals surface area (Å²) in [5, 5.41) is 0. The fraction of sp³-hybridized carbons (Fsp3) is 1.00. The second-order valence-corrected chi connectivity index (χ2v) is 4.18. The molecule has 0 spiro atoms. The molecular weight excluding hydrogens is 158 g/mol. The number of fused-ring (bicyclic) bond motifs is 5. The van der Waals surface area contributed by atoms with Gasteiger partial charge in [0.1, 0.15) is 18.3 Å². The highest BCUT2D eigenvalue weighted by Crippen LogP contribution is 2.42. The molecule has 2 saturated heterocycles. The Bertz CT molecular complexity index is 198. The second kappa shape index (κ2) is 2.01.